The minimum Gasteiger partial charge on any atom is -0.481 e. The highest BCUT2D eigenvalue weighted by atomic mass is 16.5. The number of ether oxygens (including phenoxy) is 1. The van der Waals surface area contributed by atoms with Gasteiger partial charge >= 0.3 is 18.2 Å². The van der Waals surface area contributed by atoms with Crippen molar-refractivity contribution in [3.8, 4) is 0 Å². The van der Waals surface area contributed by atoms with Crippen molar-refractivity contribution in [2.24, 2.45) is 5.92 Å². The van der Waals surface area contributed by atoms with Crippen LogP contribution in [0, 0.1) is 5.92 Å². The van der Waals surface area contributed by atoms with E-state index in [4.69, 9.17) is 9.84 Å². The number of amides is 2. The summed E-state index contributed by atoms with van der Waals surface area (Å²) in [7, 11) is 0. The second kappa shape index (κ2) is 7.48. The van der Waals surface area contributed by atoms with Crippen molar-refractivity contribution in [2.45, 2.75) is 19.1 Å². The van der Waals surface area contributed by atoms with E-state index >= 15 is 0 Å². The zero-order chi connectivity index (χ0) is 16.8. The van der Waals surface area contributed by atoms with Gasteiger partial charge in [0.1, 0.15) is 6.61 Å². The molecule has 1 aliphatic rings. The molecule has 2 rings (SSSR count). The zero-order valence-electron chi connectivity index (χ0n) is 12.3. The maximum atomic E-state index is 11.8. The number of carboxylic acids is 1. The molecule has 23 heavy (non-hydrogen) atoms. The predicted molar refractivity (Wildman–Crippen MR) is 78.9 cm³/mol. The highest BCUT2D eigenvalue weighted by Gasteiger charge is 2.37. The monoisotopic (exact) mass is 322 g/mol. The average molecular weight is 322 g/mol. The summed E-state index contributed by atoms with van der Waals surface area (Å²) >= 11 is 0. The number of likely N-dealkylation sites (tertiary alicyclic amines) is 1. The molecule has 3 N–H and O–H groups in total. The van der Waals surface area contributed by atoms with Crippen molar-refractivity contribution < 1.29 is 29.3 Å². The number of rotatable bonds is 4. The fourth-order valence-electron chi connectivity index (χ4n) is 2.46. The molecule has 0 spiro atoms. The molecule has 0 saturated carbocycles. The lowest BCUT2D eigenvalue weighted by Crippen LogP contribution is -2.54. The van der Waals surface area contributed by atoms with Crippen molar-refractivity contribution in [2.75, 3.05) is 13.1 Å². The van der Waals surface area contributed by atoms with Gasteiger partial charge in [-0.15, -0.1) is 0 Å². The Morgan fingerprint density at radius 1 is 1.22 bits per heavy atom. The minimum absolute atomic E-state index is 0.0817. The number of piperidine rings is 1. The van der Waals surface area contributed by atoms with E-state index in [1.165, 1.54) is 0 Å². The molecule has 1 aliphatic heterocycles. The van der Waals surface area contributed by atoms with Crippen molar-refractivity contribution >= 4 is 18.2 Å². The van der Waals surface area contributed by atoms with Gasteiger partial charge in [-0.3, -0.25) is 4.79 Å². The number of hydrogen-bond acceptors (Lipinski definition) is 4. The van der Waals surface area contributed by atoms with E-state index in [0.29, 0.717) is 0 Å². The number of nitrogens with zero attached hydrogens (tertiary/aromatic N) is 1. The van der Waals surface area contributed by atoms with Crippen LogP contribution < -0.4 is 5.32 Å². The van der Waals surface area contributed by atoms with E-state index in [-0.39, 0.29) is 26.1 Å². The first-order chi connectivity index (χ1) is 11.0. The second-order valence-electron chi connectivity index (χ2n) is 5.27. The Hall–Kier alpha value is -2.77. The van der Waals surface area contributed by atoms with Crippen molar-refractivity contribution in [3.63, 3.8) is 0 Å². The smallest absolute Gasteiger partial charge is 0.407 e. The fraction of sp³-hybridized carbons (Fsp3) is 0.400. The summed E-state index contributed by atoms with van der Waals surface area (Å²) in [6.07, 6.45) is -1.65. The van der Waals surface area contributed by atoms with Crippen LogP contribution in [0.1, 0.15) is 12.0 Å². The SMILES string of the molecule is O=C(N[C@H]1CCN(C(=O)O)C[C@H]1C(=O)O)OCc1ccccc1. The molecule has 0 aromatic heterocycles. The fourth-order valence-corrected chi connectivity index (χ4v) is 2.46. The topological polar surface area (TPSA) is 116 Å². The van der Waals surface area contributed by atoms with Crippen molar-refractivity contribution in [3.05, 3.63) is 35.9 Å². The minimum atomic E-state index is -1.17. The van der Waals surface area contributed by atoms with E-state index in [9.17, 15) is 19.5 Å². The van der Waals surface area contributed by atoms with E-state index in [1.54, 1.807) is 12.1 Å². The third-order valence-electron chi connectivity index (χ3n) is 3.72. The van der Waals surface area contributed by atoms with Crippen LogP contribution in [0.5, 0.6) is 0 Å². The first-order valence-corrected chi connectivity index (χ1v) is 7.15. The lowest BCUT2D eigenvalue weighted by molar-refractivity contribution is -0.144. The highest BCUT2D eigenvalue weighted by Crippen LogP contribution is 2.18. The Kier molecular flexibility index (Phi) is 5.40. The summed E-state index contributed by atoms with van der Waals surface area (Å²) in [5, 5.41) is 20.7. The molecular weight excluding hydrogens is 304 g/mol. The summed E-state index contributed by atoms with van der Waals surface area (Å²) in [5.74, 6) is -2.14. The van der Waals surface area contributed by atoms with Crippen LogP contribution in [0.2, 0.25) is 0 Å². The molecule has 0 unspecified atom stereocenters. The van der Waals surface area contributed by atoms with E-state index in [2.05, 4.69) is 5.32 Å². The van der Waals surface area contributed by atoms with Crippen molar-refractivity contribution in [1.82, 2.24) is 10.2 Å². The van der Waals surface area contributed by atoms with Gasteiger partial charge in [0.25, 0.3) is 0 Å². The lowest BCUT2D eigenvalue weighted by atomic mass is 9.92. The quantitative estimate of drug-likeness (QED) is 0.771. The number of carbonyl (C=O) groups is 3. The van der Waals surface area contributed by atoms with Crippen LogP contribution in [0.15, 0.2) is 30.3 Å². The molecule has 1 saturated heterocycles. The Morgan fingerprint density at radius 2 is 1.91 bits per heavy atom. The van der Waals surface area contributed by atoms with E-state index < -0.39 is 30.1 Å². The maximum Gasteiger partial charge on any atom is 0.407 e. The Balaban J connectivity index is 1.88. The molecule has 8 nitrogen and oxygen atoms in total. The lowest BCUT2D eigenvalue weighted by Gasteiger charge is -2.35. The molecule has 0 radical (unpaired) electrons. The number of benzene rings is 1. The maximum absolute atomic E-state index is 11.8. The van der Waals surface area contributed by atoms with Crippen molar-refractivity contribution in [1.29, 1.82) is 0 Å². The molecule has 0 aliphatic carbocycles. The first-order valence-electron chi connectivity index (χ1n) is 7.15. The number of carboxylic acid groups (broad SMARTS) is 2. The Bertz CT molecular complexity index is 577. The molecule has 1 aromatic rings. The summed E-state index contributed by atoms with van der Waals surface area (Å²) < 4.78 is 5.06. The van der Waals surface area contributed by atoms with Gasteiger partial charge in [-0.2, -0.15) is 0 Å². The Morgan fingerprint density at radius 3 is 2.52 bits per heavy atom. The van der Waals surface area contributed by atoms with Crippen LogP contribution in [-0.4, -0.2) is 52.4 Å². The van der Waals surface area contributed by atoms with Gasteiger partial charge in [-0.05, 0) is 12.0 Å². The van der Waals surface area contributed by atoms with Gasteiger partial charge in [0.15, 0.2) is 0 Å². The summed E-state index contributed by atoms with van der Waals surface area (Å²) in [6, 6.07) is 8.43. The molecule has 2 atom stereocenters. The molecule has 1 aromatic carbocycles. The summed E-state index contributed by atoms with van der Waals surface area (Å²) in [6.45, 7) is 0.0927. The molecule has 8 heteroatoms. The van der Waals surface area contributed by atoms with Gasteiger partial charge < -0.3 is 25.2 Å². The van der Waals surface area contributed by atoms with Crippen LogP contribution in [0.3, 0.4) is 0 Å². The molecule has 0 bridgehead atoms. The van der Waals surface area contributed by atoms with Crippen LogP contribution >= 0.6 is 0 Å². The molecular formula is C15H18N2O6. The number of carbonyl (C=O) groups excluding carboxylic acids is 1. The van der Waals surface area contributed by atoms with E-state index in [1.807, 2.05) is 18.2 Å². The molecule has 124 valence electrons. The summed E-state index contributed by atoms with van der Waals surface area (Å²) in [5.41, 5.74) is 0.818. The molecule has 2 amide bonds. The van der Waals surface area contributed by atoms with Gasteiger partial charge in [-0.25, -0.2) is 9.59 Å². The average Bonchev–Trinajstić information content (AvgIpc) is 2.54. The van der Waals surface area contributed by atoms with Gasteiger partial charge in [0.05, 0.1) is 5.92 Å². The third kappa shape index (κ3) is 4.60. The number of hydrogen-bond donors (Lipinski definition) is 3. The third-order valence-corrected chi connectivity index (χ3v) is 3.72. The van der Waals surface area contributed by atoms with Gasteiger partial charge in [0, 0.05) is 19.1 Å². The Labute approximate surface area is 132 Å². The standard InChI is InChI=1S/C15H18N2O6/c18-13(19)11-8-17(15(21)22)7-6-12(11)16-14(20)23-9-10-4-2-1-3-5-10/h1-5,11-12H,6-9H2,(H,16,20)(H,18,19)(H,21,22)/t11-,12+/m1/s1. The number of aliphatic carboxylic acids is 1. The molecule has 1 fully saturated rings. The summed E-state index contributed by atoms with van der Waals surface area (Å²) in [4.78, 5) is 35.1. The predicted octanol–water partition coefficient (Wildman–Crippen LogP) is 1.37. The molecule has 1 heterocycles. The van der Waals surface area contributed by atoms with Gasteiger partial charge in [0.2, 0.25) is 0 Å². The number of nitrogens with one attached hydrogen (secondary N) is 1. The van der Waals surface area contributed by atoms with Gasteiger partial charge in [-0.1, -0.05) is 30.3 Å². The van der Waals surface area contributed by atoms with Crippen LogP contribution in [0.25, 0.3) is 0 Å². The van der Waals surface area contributed by atoms with Crippen LogP contribution in [0.4, 0.5) is 9.59 Å². The normalized spacial score (nSPS) is 20.6. The largest absolute Gasteiger partial charge is 0.481 e. The zero-order valence-corrected chi connectivity index (χ0v) is 12.3. The van der Waals surface area contributed by atoms with Crippen LogP contribution in [-0.2, 0) is 16.1 Å². The second-order valence-corrected chi connectivity index (χ2v) is 5.27. The highest BCUT2D eigenvalue weighted by molar-refractivity contribution is 5.75. The number of alkyl carbamates (subject to hydrolysis) is 1. The first kappa shape index (κ1) is 16.6. The van der Waals surface area contributed by atoms with E-state index in [0.717, 1.165) is 10.5 Å².